The summed E-state index contributed by atoms with van der Waals surface area (Å²) in [6.07, 6.45) is 6.33. The lowest BCUT2D eigenvalue weighted by Crippen LogP contribution is -2.50. The standard InChI is InChI=1S/C26H31ClN2O4/c1-18(26(31)28-21-8-3-2-4-9-21)29(16-20-7-5-6-10-22(20)27)25(30)14-12-19-11-13-23-24(15-19)33-17-32-23/h5-7,10-11,13,15,18,21H,2-4,8-9,12,14,16-17H2,1H3,(H,28,31)/t18-/m0/s1. The van der Waals surface area contributed by atoms with Crippen LogP contribution in [0.2, 0.25) is 5.02 Å². The van der Waals surface area contributed by atoms with Crippen LogP contribution in [0, 0.1) is 0 Å². The van der Waals surface area contributed by atoms with Crippen molar-refractivity contribution in [3.05, 3.63) is 58.6 Å². The minimum Gasteiger partial charge on any atom is -0.454 e. The fourth-order valence-corrected chi connectivity index (χ4v) is 4.65. The highest BCUT2D eigenvalue weighted by Crippen LogP contribution is 2.33. The molecule has 33 heavy (non-hydrogen) atoms. The first kappa shape index (κ1) is 23.4. The van der Waals surface area contributed by atoms with E-state index in [9.17, 15) is 9.59 Å². The van der Waals surface area contributed by atoms with Crippen molar-refractivity contribution in [2.24, 2.45) is 0 Å². The highest BCUT2D eigenvalue weighted by Gasteiger charge is 2.28. The third-order valence-corrected chi connectivity index (χ3v) is 6.85. The van der Waals surface area contributed by atoms with Gasteiger partial charge in [-0.05, 0) is 55.5 Å². The highest BCUT2D eigenvalue weighted by atomic mass is 35.5. The monoisotopic (exact) mass is 470 g/mol. The smallest absolute Gasteiger partial charge is 0.242 e. The first-order valence-corrected chi connectivity index (χ1v) is 12.1. The molecule has 1 atom stereocenters. The van der Waals surface area contributed by atoms with Crippen molar-refractivity contribution in [1.82, 2.24) is 10.2 Å². The van der Waals surface area contributed by atoms with Gasteiger partial charge in [0.05, 0.1) is 0 Å². The number of aryl methyl sites for hydroxylation is 1. The highest BCUT2D eigenvalue weighted by molar-refractivity contribution is 6.31. The quantitative estimate of drug-likeness (QED) is 0.597. The number of fused-ring (bicyclic) bond motifs is 1. The normalized spacial score (nSPS) is 16.3. The molecule has 0 radical (unpaired) electrons. The summed E-state index contributed by atoms with van der Waals surface area (Å²) < 4.78 is 10.8. The first-order valence-electron chi connectivity index (χ1n) is 11.7. The van der Waals surface area contributed by atoms with Crippen molar-refractivity contribution >= 4 is 23.4 Å². The SMILES string of the molecule is C[C@@H](C(=O)NC1CCCCC1)N(Cc1ccccc1Cl)C(=O)CCc1ccc2c(c1)OCO2. The van der Waals surface area contributed by atoms with Crippen LogP contribution < -0.4 is 14.8 Å². The van der Waals surface area contributed by atoms with Crippen molar-refractivity contribution in [2.75, 3.05) is 6.79 Å². The van der Waals surface area contributed by atoms with Crippen LogP contribution in [0.15, 0.2) is 42.5 Å². The van der Waals surface area contributed by atoms with Crippen LogP contribution >= 0.6 is 11.6 Å². The van der Waals surface area contributed by atoms with Crippen LogP contribution in [0.5, 0.6) is 11.5 Å². The molecule has 4 rings (SSSR count). The molecule has 7 heteroatoms. The number of nitrogens with zero attached hydrogens (tertiary/aromatic N) is 1. The molecule has 2 amide bonds. The molecule has 2 aliphatic rings. The number of benzene rings is 2. The van der Waals surface area contributed by atoms with Gasteiger partial charge in [0.2, 0.25) is 18.6 Å². The Kier molecular flexibility index (Phi) is 7.76. The van der Waals surface area contributed by atoms with Gasteiger partial charge < -0.3 is 19.7 Å². The third kappa shape index (κ3) is 5.99. The van der Waals surface area contributed by atoms with Crippen LogP contribution in [0.1, 0.15) is 56.6 Å². The van der Waals surface area contributed by atoms with Crippen molar-refractivity contribution in [3.8, 4) is 11.5 Å². The molecule has 0 aromatic heterocycles. The molecule has 6 nitrogen and oxygen atoms in total. The number of nitrogens with one attached hydrogen (secondary N) is 1. The number of ether oxygens (including phenoxy) is 2. The maximum absolute atomic E-state index is 13.4. The number of hydrogen-bond acceptors (Lipinski definition) is 4. The largest absolute Gasteiger partial charge is 0.454 e. The van der Waals surface area contributed by atoms with Gasteiger partial charge >= 0.3 is 0 Å². The zero-order valence-electron chi connectivity index (χ0n) is 19.0. The summed E-state index contributed by atoms with van der Waals surface area (Å²) in [6, 6.07) is 12.8. The average Bonchev–Trinajstić information content (AvgIpc) is 3.30. The number of carbonyl (C=O) groups excluding carboxylic acids is 2. The molecule has 2 aromatic carbocycles. The molecular formula is C26H31ClN2O4. The summed E-state index contributed by atoms with van der Waals surface area (Å²) in [6.45, 7) is 2.31. The third-order valence-electron chi connectivity index (χ3n) is 6.48. The maximum Gasteiger partial charge on any atom is 0.242 e. The van der Waals surface area contributed by atoms with Crippen molar-refractivity contribution in [1.29, 1.82) is 0 Å². The van der Waals surface area contributed by atoms with E-state index in [2.05, 4.69) is 5.32 Å². The fourth-order valence-electron chi connectivity index (χ4n) is 4.45. The second kappa shape index (κ2) is 10.9. The maximum atomic E-state index is 13.4. The topological polar surface area (TPSA) is 67.9 Å². The van der Waals surface area contributed by atoms with Gasteiger partial charge in [0, 0.05) is 24.0 Å². The number of hydrogen-bond donors (Lipinski definition) is 1. The van der Waals surface area contributed by atoms with Crippen LogP contribution in [0.3, 0.4) is 0 Å². The Morgan fingerprint density at radius 2 is 1.85 bits per heavy atom. The summed E-state index contributed by atoms with van der Waals surface area (Å²) in [5.41, 5.74) is 1.82. The Balaban J connectivity index is 1.45. The van der Waals surface area contributed by atoms with Crippen LogP contribution in [0.4, 0.5) is 0 Å². The van der Waals surface area contributed by atoms with Gasteiger partial charge in [-0.3, -0.25) is 9.59 Å². The summed E-state index contributed by atoms with van der Waals surface area (Å²) in [5.74, 6) is 1.23. The average molecular weight is 471 g/mol. The van der Waals surface area contributed by atoms with E-state index in [1.54, 1.807) is 17.9 Å². The lowest BCUT2D eigenvalue weighted by Gasteiger charge is -2.31. The molecule has 1 fully saturated rings. The van der Waals surface area contributed by atoms with E-state index in [-0.39, 0.29) is 31.1 Å². The molecule has 1 heterocycles. The lowest BCUT2D eigenvalue weighted by atomic mass is 9.95. The number of carbonyl (C=O) groups is 2. The number of rotatable bonds is 8. The molecular weight excluding hydrogens is 440 g/mol. The van der Waals surface area contributed by atoms with E-state index >= 15 is 0 Å². The summed E-state index contributed by atoms with van der Waals surface area (Å²) in [5, 5.41) is 3.75. The van der Waals surface area contributed by atoms with E-state index in [0.29, 0.717) is 23.7 Å². The Bertz CT molecular complexity index is 990. The predicted molar refractivity (Wildman–Crippen MR) is 127 cm³/mol. The molecule has 0 spiro atoms. The van der Waals surface area contributed by atoms with Gasteiger partial charge in [0.25, 0.3) is 0 Å². The molecule has 0 bridgehead atoms. The van der Waals surface area contributed by atoms with Gasteiger partial charge in [-0.1, -0.05) is 55.1 Å². The molecule has 1 aliphatic heterocycles. The van der Waals surface area contributed by atoms with Crippen molar-refractivity contribution < 1.29 is 19.1 Å². The second-order valence-electron chi connectivity index (χ2n) is 8.82. The van der Waals surface area contributed by atoms with Crippen LogP contribution in [0.25, 0.3) is 0 Å². The van der Waals surface area contributed by atoms with Gasteiger partial charge in [-0.2, -0.15) is 0 Å². The van der Waals surface area contributed by atoms with E-state index in [4.69, 9.17) is 21.1 Å². The number of amides is 2. The lowest BCUT2D eigenvalue weighted by molar-refractivity contribution is -0.141. The Hall–Kier alpha value is -2.73. The first-order chi connectivity index (χ1) is 16.0. The van der Waals surface area contributed by atoms with Gasteiger partial charge in [0.1, 0.15) is 6.04 Å². The van der Waals surface area contributed by atoms with E-state index in [1.165, 1.54) is 6.42 Å². The van der Waals surface area contributed by atoms with Gasteiger partial charge in [-0.15, -0.1) is 0 Å². The van der Waals surface area contributed by atoms with Crippen LogP contribution in [-0.4, -0.2) is 35.6 Å². The number of halogens is 1. The molecule has 0 saturated heterocycles. The Morgan fingerprint density at radius 1 is 1.09 bits per heavy atom. The molecule has 1 aliphatic carbocycles. The minimum atomic E-state index is -0.590. The molecule has 1 N–H and O–H groups in total. The van der Waals surface area contributed by atoms with E-state index < -0.39 is 6.04 Å². The molecule has 2 aromatic rings. The van der Waals surface area contributed by atoms with Gasteiger partial charge in [-0.25, -0.2) is 0 Å². The zero-order valence-corrected chi connectivity index (χ0v) is 19.8. The predicted octanol–water partition coefficient (Wildman–Crippen LogP) is 4.87. The van der Waals surface area contributed by atoms with Crippen LogP contribution in [-0.2, 0) is 22.6 Å². The van der Waals surface area contributed by atoms with Gasteiger partial charge in [0.15, 0.2) is 11.5 Å². The summed E-state index contributed by atoms with van der Waals surface area (Å²) in [7, 11) is 0. The van der Waals surface area contributed by atoms with E-state index in [1.807, 2.05) is 36.4 Å². The Labute approximate surface area is 200 Å². The zero-order chi connectivity index (χ0) is 23.2. The fraction of sp³-hybridized carbons (Fsp3) is 0.462. The molecule has 176 valence electrons. The Morgan fingerprint density at radius 3 is 2.64 bits per heavy atom. The summed E-state index contributed by atoms with van der Waals surface area (Å²) >= 11 is 6.38. The second-order valence-corrected chi connectivity index (χ2v) is 9.23. The van der Waals surface area contributed by atoms with Crippen molar-refractivity contribution in [3.63, 3.8) is 0 Å². The van der Waals surface area contributed by atoms with Crippen molar-refractivity contribution in [2.45, 2.75) is 70.5 Å². The molecule has 1 saturated carbocycles. The minimum absolute atomic E-state index is 0.0844. The molecule has 0 unspecified atom stereocenters. The van der Waals surface area contributed by atoms with E-state index in [0.717, 1.165) is 42.6 Å². The summed E-state index contributed by atoms with van der Waals surface area (Å²) in [4.78, 5) is 28.1.